The van der Waals surface area contributed by atoms with Crippen molar-refractivity contribution in [3.05, 3.63) is 33.8 Å². The second kappa shape index (κ2) is 6.15. The summed E-state index contributed by atoms with van der Waals surface area (Å²) in [5.74, 6) is -0.496. The van der Waals surface area contributed by atoms with Crippen molar-refractivity contribution in [3.8, 4) is 0 Å². The molecule has 1 rings (SSSR count). The van der Waals surface area contributed by atoms with E-state index in [4.69, 9.17) is 34.0 Å². The molecule has 18 heavy (non-hydrogen) atoms. The van der Waals surface area contributed by atoms with Gasteiger partial charge in [-0.15, -0.1) is 11.8 Å². The molecular weight excluding hydrogens is 293 g/mol. The third-order valence-corrected chi connectivity index (χ3v) is 4.80. The molecule has 0 unspecified atom stereocenters. The average molecular weight is 308 g/mol. The Morgan fingerprint density at radius 1 is 1.44 bits per heavy atom. The molecule has 0 bridgehead atoms. The number of aliphatic carboxylic acids is 1. The highest BCUT2D eigenvalue weighted by Crippen LogP contribution is 2.35. The lowest BCUT2D eigenvalue weighted by atomic mass is 10.1. The van der Waals surface area contributed by atoms with E-state index >= 15 is 0 Å². The predicted molar refractivity (Wildman–Crippen MR) is 77.4 cm³/mol. The van der Waals surface area contributed by atoms with Gasteiger partial charge in [-0.1, -0.05) is 29.3 Å². The maximum Gasteiger partial charge on any atom is 0.321 e. The van der Waals surface area contributed by atoms with Gasteiger partial charge in [0.15, 0.2) is 0 Å². The van der Waals surface area contributed by atoms with Gasteiger partial charge in [-0.05, 0) is 31.5 Å². The van der Waals surface area contributed by atoms with Crippen molar-refractivity contribution >= 4 is 40.9 Å². The molecule has 0 aliphatic rings. The van der Waals surface area contributed by atoms with E-state index in [1.165, 1.54) is 11.8 Å². The number of hydrogen-bond acceptors (Lipinski definition) is 3. The molecule has 3 nitrogen and oxygen atoms in total. The van der Waals surface area contributed by atoms with E-state index in [1.807, 2.05) is 0 Å². The zero-order valence-corrected chi connectivity index (χ0v) is 12.4. The number of hydrogen-bond donors (Lipinski definition) is 2. The highest BCUT2D eigenvalue weighted by atomic mass is 35.5. The molecule has 0 radical (unpaired) electrons. The second-order valence-corrected chi connectivity index (χ2v) is 6.85. The molecule has 3 N–H and O–H groups in total. The molecule has 1 aromatic carbocycles. The summed E-state index contributed by atoms with van der Waals surface area (Å²) in [5.41, 5.74) is 6.45. The van der Waals surface area contributed by atoms with Gasteiger partial charge in [0.2, 0.25) is 0 Å². The standard InChI is InChI=1S/C12H15Cl2NO2S/c1-12(2,10(15)11(16)17)18-6-7-8(13)4-3-5-9(7)14/h3-5,10H,6,15H2,1-2H3,(H,16,17)/t10-/m0/s1. The van der Waals surface area contributed by atoms with E-state index in [0.717, 1.165) is 5.56 Å². The van der Waals surface area contributed by atoms with Crippen molar-refractivity contribution in [1.29, 1.82) is 0 Å². The van der Waals surface area contributed by atoms with Gasteiger partial charge in [-0.2, -0.15) is 0 Å². The van der Waals surface area contributed by atoms with Crippen LogP contribution in [0.4, 0.5) is 0 Å². The SMILES string of the molecule is CC(C)(SCc1c(Cl)cccc1Cl)[C@@H](N)C(=O)O. The first-order valence-electron chi connectivity index (χ1n) is 5.31. The van der Waals surface area contributed by atoms with Crippen LogP contribution in [0.1, 0.15) is 19.4 Å². The lowest BCUT2D eigenvalue weighted by molar-refractivity contribution is -0.139. The summed E-state index contributed by atoms with van der Waals surface area (Å²) in [6.45, 7) is 3.59. The van der Waals surface area contributed by atoms with E-state index in [1.54, 1.807) is 32.0 Å². The monoisotopic (exact) mass is 307 g/mol. The number of nitrogens with two attached hydrogens (primary N) is 1. The number of thioether (sulfide) groups is 1. The third-order valence-electron chi connectivity index (χ3n) is 2.67. The molecule has 0 saturated heterocycles. The van der Waals surface area contributed by atoms with E-state index in [-0.39, 0.29) is 0 Å². The van der Waals surface area contributed by atoms with E-state index < -0.39 is 16.8 Å². The minimum absolute atomic E-state index is 0.520. The molecule has 6 heteroatoms. The first-order chi connectivity index (χ1) is 8.25. The van der Waals surface area contributed by atoms with Crippen molar-refractivity contribution in [1.82, 2.24) is 0 Å². The lowest BCUT2D eigenvalue weighted by Gasteiger charge is -2.28. The van der Waals surface area contributed by atoms with Crippen molar-refractivity contribution < 1.29 is 9.90 Å². The first-order valence-corrected chi connectivity index (χ1v) is 7.05. The van der Waals surface area contributed by atoms with Gasteiger partial charge in [0, 0.05) is 20.5 Å². The summed E-state index contributed by atoms with van der Waals surface area (Å²) in [6.07, 6.45) is 0. The van der Waals surface area contributed by atoms with Gasteiger partial charge in [0.25, 0.3) is 0 Å². The fourth-order valence-corrected chi connectivity index (χ4v) is 3.11. The molecule has 1 atom stereocenters. The first kappa shape index (κ1) is 15.6. The summed E-state index contributed by atoms with van der Waals surface area (Å²) in [5, 5.41) is 10.1. The van der Waals surface area contributed by atoms with Gasteiger partial charge in [0.05, 0.1) is 0 Å². The van der Waals surface area contributed by atoms with Gasteiger partial charge < -0.3 is 10.8 Å². The molecule has 0 saturated carbocycles. The highest BCUT2D eigenvalue weighted by Gasteiger charge is 2.32. The zero-order chi connectivity index (χ0) is 13.9. The highest BCUT2D eigenvalue weighted by molar-refractivity contribution is 7.99. The summed E-state index contributed by atoms with van der Waals surface area (Å²) in [7, 11) is 0. The van der Waals surface area contributed by atoms with Crippen LogP contribution < -0.4 is 5.73 Å². The van der Waals surface area contributed by atoms with Crippen molar-refractivity contribution in [3.63, 3.8) is 0 Å². The van der Waals surface area contributed by atoms with Crippen LogP contribution >= 0.6 is 35.0 Å². The third kappa shape index (κ3) is 3.79. The van der Waals surface area contributed by atoms with E-state index in [0.29, 0.717) is 15.8 Å². The maximum atomic E-state index is 10.9. The quantitative estimate of drug-likeness (QED) is 0.875. The van der Waals surface area contributed by atoms with Gasteiger partial charge in [0.1, 0.15) is 6.04 Å². The second-order valence-electron chi connectivity index (χ2n) is 4.41. The van der Waals surface area contributed by atoms with Crippen molar-refractivity contribution in [2.45, 2.75) is 30.4 Å². The Morgan fingerprint density at radius 3 is 2.39 bits per heavy atom. The number of benzene rings is 1. The van der Waals surface area contributed by atoms with Crippen LogP contribution in [0.15, 0.2) is 18.2 Å². The van der Waals surface area contributed by atoms with E-state index in [9.17, 15) is 4.79 Å². The molecule has 0 fully saturated rings. The van der Waals surface area contributed by atoms with Crippen LogP contribution in [0.5, 0.6) is 0 Å². The largest absolute Gasteiger partial charge is 0.480 e. The maximum absolute atomic E-state index is 10.9. The van der Waals surface area contributed by atoms with Crippen molar-refractivity contribution in [2.75, 3.05) is 0 Å². The Kier molecular flexibility index (Phi) is 5.34. The summed E-state index contributed by atoms with van der Waals surface area (Å²) in [6, 6.07) is 4.34. The molecule has 0 heterocycles. The molecular formula is C12H15Cl2NO2S. The summed E-state index contributed by atoms with van der Waals surface area (Å²) < 4.78 is -0.603. The average Bonchev–Trinajstić information content (AvgIpc) is 2.27. The Morgan fingerprint density at radius 2 is 1.94 bits per heavy atom. The fourth-order valence-electron chi connectivity index (χ4n) is 1.32. The summed E-state index contributed by atoms with van der Waals surface area (Å²) in [4.78, 5) is 10.9. The minimum atomic E-state index is -1.02. The number of carboxylic acids is 1. The van der Waals surface area contributed by atoms with Crippen LogP contribution in [-0.4, -0.2) is 21.9 Å². The molecule has 100 valence electrons. The van der Waals surface area contributed by atoms with Crippen LogP contribution in [0.2, 0.25) is 10.0 Å². The number of carboxylic acid groups (broad SMARTS) is 1. The number of carbonyl (C=O) groups is 1. The summed E-state index contributed by atoms with van der Waals surface area (Å²) >= 11 is 13.5. The zero-order valence-electron chi connectivity index (χ0n) is 10.1. The number of rotatable bonds is 5. The van der Waals surface area contributed by atoms with Crippen LogP contribution in [0, 0.1) is 0 Å². The molecule has 0 aromatic heterocycles. The number of halogens is 2. The molecule has 1 aromatic rings. The smallest absolute Gasteiger partial charge is 0.321 e. The van der Waals surface area contributed by atoms with Gasteiger partial charge in [-0.25, -0.2) is 0 Å². The topological polar surface area (TPSA) is 63.3 Å². The van der Waals surface area contributed by atoms with Crippen LogP contribution in [0.3, 0.4) is 0 Å². The molecule has 0 aliphatic heterocycles. The minimum Gasteiger partial charge on any atom is -0.480 e. The van der Waals surface area contributed by atoms with Crippen molar-refractivity contribution in [2.24, 2.45) is 5.73 Å². The Bertz CT molecular complexity index is 431. The normalized spacial score (nSPS) is 13.4. The fraction of sp³-hybridized carbons (Fsp3) is 0.417. The van der Waals surface area contributed by atoms with E-state index in [2.05, 4.69) is 0 Å². The van der Waals surface area contributed by atoms with Crippen LogP contribution in [-0.2, 0) is 10.5 Å². The molecule has 0 spiro atoms. The Hall–Kier alpha value is -0.420. The van der Waals surface area contributed by atoms with Gasteiger partial charge >= 0.3 is 5.97 Å². The van der Waals surface area contributed by atoms with Crippen LogP contribution in [0.25, 0.3) is 0 Å². The molecule has 0 amide bonds. The predicted octanol–water partition coefficient (Wildman–Crippen LogP) is 3.42. The molecule has 0 aliphatic carbocycles. The Balaban J connectivity index is 2.79. The lowest BCUT2D eigenvalue weighted by Crippen LogP contribution is -2.46. The van der Waals surface area contributed by atoms with Gasteiger partial charge in [-0.3, -0.25) is 4.79 Å². The Labute approximate surface area is 121 Å².